The Kier molecular flexibility index (Phi) is 10.2. The fourth-order valence-corrected chi connectivity index (χ4v) is 6.57. The average Bonchev–Trinajstić information content (AvgIpc) is 3.95. The Morgan fingerprint density at radius 2 is 1.58 bits per heavy atom. The Labute approximate surface area is 290 Å². The van der Waals surface area contributed by atoms with Crippen molar-refractivity contribution in [1.82, 2.24) is 35.1 Å². The Balaban J connectivity index is 1.22. The maximum absolute atomic E-state index is 13.6. The van der Waals surface area contributed by atoms with Crippen molar-refractivity contribution < 1.29 is 24.2 Å². The van der Waals surface area contributed by atoms with Crippen LogP contribution in [0.15, 0.2) is 60.9 Å². The fraction of sp³-hybridized carbons (Fsp3) is 0.342. The Hall–Kier alpha value is -6.01. The number of ether oxygens (including phenoxy) is 1. The minimum absolute atomic E-state index is 0.120. The van der Waals surface area contributed by atoms with Gasteiger partial charge in [-0.25, -0.2) is 19.6 Å². The number of nitrogens with zero attached hydrogens (tertiary/aromatic N) is 4. The molecule has 2 aromatic carbocycles. The Morgan fingerprint density at radius 3 is 2.30 bits per heavy atom. The van der Waals surface area contributed by atoms with Gasteiger partial charge in [0.25, 0.3) is 0 Å². The van der Waals surface area contributed by atoms with Gasteiger partial charge in [0.1, 0.15) is 23.4 Å². The quantitative estimate of drug-likeness (QED) is 0.183. The number of amides is 3. The van der Waals surface area contributed by atoms with Crippen LogP contribution in [0.25, 0.3) is 22.4 Å². The Bertz CT molecular complexity index is 2000. The van der Waals surface area contributed by atoms with Crippen molar-refractivity contribution in [3.63, 3.8) is 0 Å². The van der Waals surface area contributed by atoms with Crippen LogP contribution in [0, 0.1) is 29.6 Å². The molecule has 4 aromatic rings. The number of alkyl carbamates (subject to hydrolysis) is 1. The van der Waals surface area contributed by atoms with Gasteiger partial charge in [-0.15, -0.1) is 0 Å². The fourth-order valence-electron chi connectivity index (χ4n) is 6.57. The SMILES string of the molecule is COC(=O)N[C@H](C(=O)N1CCC[C@H]1c1ncc(-c2ccc(C#CC#Cc3cnc([C@@H]4CCCN4C(=O)O)[nH]3)c(-c3ccccc3)c2)[nH]1)C(C)C. The third kappa shape index (κ3) is 7.35. The van der Waals surface area contributed by atoms with Gasteiger partial charge < -0.3 is 30.0 Å². The van der Waals surface area contributed by atoms with Gasteiger partial charge in [-0.05, 0) is 72.6 Å². The zero-order chi connectivity index (χ0) is 35.2. The van der Waals surface area contributed by atoms with Gasteiger partial charge in [-0.2, -0.15) is 0 Å². The summed E-state index contributed by atoms with van der Waals surface area (Å²) in [4.78, 5) is 55.9. The summed E-state index contributed by atoms with van der Waals surface area (Å²) < 4.78 is 4.75. The van der Waals surface area contributed by atoms with Gasteiger partial charge in [0.2, 0.25) is 5.91 Å². The first-order valence-corrected chi connectivity index (χ1v) is 16.7. The second-order valence-electron chi connectivity index (χ2n) is 12.7. The number of carbonyl (C=O) groups is 3. The lowest BCUT2D eigenvalue weighted by Crippen LogP contribution is -2.51. The molecule has 4 heterocycles. The summed E-state index contributed by atoms with van der Waals surface area (Å²) in [5.41, 5.74) is 5.01. The van der Waals surface area contributed by atoms with Gasteiger partial charge in [0, 0.05) is 24.2 Å². The number of rotatable bonds is 7. The maximum atomic E-state index is 13.6. The molecule has 0 saturated carbocycles. The van der Waals surface area contributed by atoms with Crippen molar-refractivity contribution in [3.8, 4) is 46.1 Å². The number of carboxylic acid groups (broad SMARTS) is 1. The van der Waals surface area contributed by atoms with E-state index >= 15 is 0 Å². The van der Waals surface area contributed by atoms with Crippen LogP contribution in [-0.4, -0.2) is 79.2 Å². The maximum Gasteiger partial charge on any atom is 0.407 e. The molecule has 0 unspecified atom stereocenters. The van der Waals surface area contributed by atoms with Gasteiger partial charge in [-0.1, -0.05) is 56.2 Å². The second kappa shape index (κ2) is 15.0. The second-order valence-corrected chi connectivity index (χ2v) is 12.7. The van der Waals surface area contributed by atoms with Crippen molar-refractivity contribution in [2.24, 2.45) is 5.92 Å². The average molecular weight is 674 g/mol. The lowest BCUT2D eigenvalue weighted by Gasteiger charge is -2.30. The molecule has 6 rings (SSSR count). The van der Waals surface area contributed by atoms with E-state index in [2.05, 4.69) is 50.0 Å². The van der Waals surface area contributed by atoms with E-state index in [1.807, 2.05) is 56.3 Å². The smallest absolute Gasteiger partial charge is 0.407 e. The van der Waals surface area contributed by atoms with Crippen LogP contribution in [0.3, 0.4) is 0 Å². The lowest BCUT2D eigenvalue weighted by atomic mass is 9.96. The lowest BCUT2D eigenvalue weighted by molar-refractivity contribution is -0.135. The standard InChI is InChI=1S/C38H39N7O5/c1-24(2)33(43-37(47)50-3)36(46)44-19-9-15-31(44)35-40-23-30(42-35)27-18-17-26(29(21-27)25-11-5-4-6-12-25)13-7-8-14-28-22-39-34(41-28)32-16-10-20-45(32)38(48)49/h4-6,11-12,17-18,21-24,31-33H,9-10,15-16,19-20H2,1-3H3,(H,39,41)(H,40,42)(H,43,47)(H,48,49)/t31-,32-,33-/m0/s1. The third-order valence-corrected chi connectivity index (χ3v) is 9.12. The number of likely N-dealkylation sites (tertiary alicyclic amines) is 2. The van der Waals surface area contributed by atoms with Crippen molar-refractivity contribution in [1.29, 1.82) is 0 Å². The summed E-state index contributed by atoms with van der Waals surface area (Å²) in [5, 5.41) is 12.1. The highest BCUT2D eigenvalue weighted by molar-refractivity contribution is 5.86. The summed E-state index contributed by atoms with van der Waals surface area (Å²) in [7, 11) is 1.28. The summed E-state index contributed by atoms with van der Waals surface area (Å²) in [6, 6.07) is 14.7. The van der Waals surface area contributed by atoms with Crippen LogP contribution in [0.4, 0.5) is 9.59 Å². The van der Waals surface area contributed by atoms with Gasteiger partial charge in [-0.3, -0.25) is 9.69 Å². The van der Waals surface area contributed by atoms with Crippen LogP contribution in [-0.2, 0) is 9.53 Å². The van der Waals surface area contributed by atoms with Gasteiger partial charge >= 0.3 is 12.2 Å². The highest BCUT2D eigenvalue weighted by atomic mass is 16.5. The van der Waals surface area contributed by atoms with Gasteiger partial charge in [0.15, 0.2) is 0 Å². The van der Waals surface area contributed by atoms with E-state index in [1.165, 1.54) is 12.0 Å². The number of methoxy groups -OCH3 is 1. The van der Waals surface area contributed by atoms with E-state index in [0.29, 0.717) is 30.4 Å². The molecule has 2 saturated heterocycles. The van der Waals surface area contributed by atoms with E-state index < -0.39 is 18.2 Å². The first kappa shape index (κ1) is 33.9. The molecule has 50 heavy (non-hydrogen) atoms. The molecule has 2 aliphatic heterocycles. The molecule has 0 aliphatic carbocycles. The van der Waals surface area contributed by atoms with Crippen LogP contribution in [0.2, 0.25) is 0 Å². The number of H-pyrrole nitrogens is 2. The summed E-state index contributed by atoms with van der Waals surface area (Å²) in [6.45, 7) is 4.85. The van der Waals surface area contributed by atoms with Crippen molar-refractivity contribution in [3.05, 3.63) is 83.8 Å². The molecule has 0 bridgehead atoms. The van der Waals surface area contributed by atoms with E-state index in [4.69, 9.17) is 9.72 Å². The molecule has 4 N–H and O–H groups in total. The molecule has 12 nitrogen and oxygen atoms in total. The minimum Gasteiger partial charge on any atom is -0.465 e. The normalized spacial score (nSPS) is 17.4. The number of hydrogen-bond acceptors (Lipinski definition) is 6. The van der Waals surface area contributed by atoms with Crippen molar-refractivity contribution >= 4 is 18.1 Å². The molecule has 12 heteroatoms. The van der Waals surface area contributed by atoms with E-state index in [0.717, 1.165) is 53.6 Å². The molecule has 0 spiro atoms. The van der Waals surface area contributed by atoms with Crippen molar-refractivity contribution in [2.75, 3.05) is 20.2 Å². The van der Waals surface area contributed by atoms with E-state index in [9.17, 15) is 19.5 Å². The van der Waals surface area contributed by atoms with Crippen LogP contribution in [0.1, 0.15) is 74.5 Å². The highest BCUT2D eigenvalue weighted by Gasteiger charge is 2.37. The summed E-state index contributed by atoms with van der Waals surface area (Å²) in [5.74, 6) is 13.1. The number of carbonyl (C=O) groups excluding carboxylic acids is 2. The molecule has 3 atom stereocenters. The molecular weight excluding hydrogens is 634 g/mol. The zero-order valence-corrected chi connectivity index (χ0v) is 28.2. The summed E-state index contributed by atoms with van der Waals surface area (Å²) in [6.07, 6.45) is 4.90. The molecule has 0 radical (unpaired) electrons. The Morgan fingerprint density at radius 1 is 0.900 bits per heavy atom. The first-order valence-electron chi connectivity index (χ1n) is 16.7. The molecule has 2 fully saturated rings. The van der Waals surface area contributed by atoms with E-state index in [-0.39, 0.29) is 23.9 Å². The topological polar surface area (TPSA) is 157 Å². The number of benzene rings is 2. The molecule has 256 valence electrons. The van der Waals surface area contributed by atoms with Crippen LogP contribution in [0.5, 0.6) is 0 Å². The van der Waals surface area contributed by atoms with E-state index in [1.54, 1.807) is 17.3 Å². The van der Waals surface area contributed by atoms with Crippen LogP contribution >= 0.6 is 0 Å². The van der Waals surface area contributed by atoms with Crippen molar-refractivity contribution in [2.45, 2.75) is 57.7 Å². The summed E-state index contributed by atoms with van der Waals surface area (Å²) >= 11 is 0. The zero-order valence-electron chi connectivity index (χ0n) is 28.2. The molecule has 2 aliphatic rings. The number of aromatic nitrogens is 4. The largest absolute Gasteiger partial charge is 0.465 e. The predicted octanol–water partition coefficient (Wildman–Crippen LogP) is 5.73. The number of imidazole rings is 2. The third-order valence-electron chi connectivity index (χ3n) is 9.12. The molecule has 3 amide bonds. The molecule has 2 aromatic heterocycles. The van der Waals surface area contributed by atoms with Gasteiger partial charge in [0.05, 0.1) is 37.3 Å². The minimum atomic E-state index is -0.950. The number of aromatic amines is 2. The number of nitrogens with one attached hydrogen (secondary N) is 3. The monoisotopic (exact) mass is 673 g/mol. The van der Waals surface area contributed by atoms with Crippen LogP contribution < -0.4 is 5.32 Å². The first-order chi connectivity index (χ1) is 24.2. The predicted molar refractivity (Wildman–Crippen MR) is 186 cm³/mol. The molecular formula is C38H39N7O5. The number of hydrogen-bond donors (Lipinski definition) is 4. The highest BCUT2D eigenvalue weighted by Crippen LogP contribution is 2.34.